The Morgan fingerprint density at radius 1 is 1.46 bits per heavy atom. The Balaban J connectivity index is 1.69. The van der Waals surface area contributed by atoms with Crippen LogP contribution >= 0.6 is 0 Å². The molecule has 0 radical (unpaired) electrons. The summed E-state index contributed by atoms with van der Waals surface area (Å²) >= 11 is 0. The first-order valence-electron chi connectivity index (χ1n) is 7.76. The molecule has 1 amide bonds. The molecule has 7 nitrogen and oxygen atoms in total. The largest absolute Gasteiger partial charge is 0.497 e. The molecule has 1 aromatic carbocycles. The molecule has 2 aromatic rings. The van der Waals surface area contributed by atoms with E-state index < -0.39 is 12.0 Å². The van der Waals surface area contributed by atoms with Gasteiger partial charge in [0.05, 0.1) is 13.2 Å². The maximum Gasteiger partial charge on any atom is 0.267 e. The zero-order valence-corrected chi connectivity index (χ0v) is 13.4. The average Bonchev–Trinajstić information content (AvgIpc) is 2.61. The molecular formula is C17H20N4O3. The number of methoxy groups -OCH3 is 1. The molecule has 0 fully saturated rings. The third-order valence-electron chi connectivity index (χ3n) is 4.22. The van der Waals surface area contributed by atoms with Gasteiger partial charge in [-0.05, 0) is 35.7 Å². The van der Waals surface area contributed by atoms with Crippen LogP contribution in [0.25, 0.3) is 0 Å². The van der Waals surface area contributed by atoms with E-state index in [1.165, 1.54) is 23.4 Å². The molecule has 3 rings (SSSR count). The summed E-state index contributed by atoms with van der Waals surface area (Å²) in [6.45, 7) is 0.663. The lowest BCUT2D eigenvalue weighted by Crippen LogP contribution is -2.45. The van der Waals surface area contributed by atoms with Crippen molar-refractivity contribution in [2.75, 3.05) is 7.11 Å². The van der Waals surface area contributed by atoms with Gasteiger partial charge in [0.15, 0.2) is 0 Å². The number of rotatable bonds is 5. The first-order valence-corrected chi connectivity index (χ1v) is 7.76. The van der Waals surface area contributed by atoms with E-state index in [0.717, 1.165) is 5.75 Å². The van der Waals surface area contributed by atoms with Crippen LogP contribution in [0.5, 0.6) is 5.75 Å². The van der Waals surface area contributed by atoms with Crippen LogP contribution in [0.2, 0.25) is 0 Å². The number of carbonyl (C=O) groups excluding carboxylic acids is 1. The second-order valence-corrected chi connectivity index (χ2v) is 5.82. The number of aliphatic hydroxyl groups is 1. The molecule has 1 aliphatic heterocycles. The van der Waals surface area contributed by atoms with Gasteiger partial charge >= 0.3 is 0 Å². The third kappa shape index (κ3) is 3.52. The fourth-order valence-electron chi connectivity index (χ4n) is 2.88. The number of hydrogen-bond acceptors (Lipinski definition) is 6. The van der Waals surface area contributed by atoms with Crippen LogP contribution in [-0.4, -0.2) is 40.2 Å². The molecule has 0 spiro atoms. The summed E-state index contributed by atoms with van der Waals surface area (Å²) in [4.78, 5) is 19.4. The molecule has 0 unspecified atom stereocenters. The topological polar surface area (TPSA) is 110 Å². The van der Waals surface area contributed by atoms with Crippen molar-refractivity contribution in [2.45, 2.75) is 31.5 Å². The fraction of sp³-hybridized carbons (Fsp3) is 0.353. The van der Waals surface area contributed by atoms with Crippen LogP contribution in [-0.2, 0) is 19.4 Å². The Morgan fingerprint density at radius 3 is 3.04 bits per heavy atom. The van der Waals surface area contributed by atoms with E-state index in [4.69, 9.17) is 10.5 Å². The second kappa shape index (κ2) is 6.94. The molecule has 126 valence electrons. The van der Waals surface area contributed by atoms with Gasteiger partial charge in [0, 0.05) is 25.2 Å². The molecule has 0 saturated heterocycles. The first kappa shape index (κ1) is 16.4. The normalized spacial score (nSPS) is 17.8. The van der Waals surface area contributed by atoms with E-state index in [2.05, 4.69) is 15.3 Å². The number of carbonyl (C=O) groups is 1. The monoisotopic (exact) mass is 328 g/mol. The summed E-state index contributed by atoms with van der Waals surface area (Å²) in [5.41, 5.74) is 7.73. The number of amides is 1. The van der Waals surface area contributed by atoms with Crippen LogP contribution in [0.1, 0.15) is 27.4 Å². The molecule has 1 aromatic heterocycles. The maximum absolute atomic E-state index is 11.2. The summed E-state index contributed by atoms with van der Waals surface area (Å²) in [5.74, 6) is 0.624. The number of nitrogens with one attached hydrogen (secondary N) is 1. The van der Waals surface area contributed by atoms with E-state index in [1.54, 1.807) is 7.11 Å². The number of aliphatic hydroxyl groups excluding tert-OH is 1. The van der Waals surface area contributed by atoms with E-state index in [-0.39, 0.29) is 18.2 Å². The van der Waals surface area contributed by atoms with Gasteiger partial charge in [0.1, 0.15) is 17.3 Å². The summed E-state index contributed by atoms with van der Waals surface area (Å²) in [6, 6.07) is 7.31. The molecule has 0 bridgehead atoms. The van der Waals surface area contributed by atoms with Gasteiger partial charge in [-0.25, -0.2) is 9.97 Å². The minimum atomic E-state index is -0.664. The predicted octanol–water partition coefficient (Wildman–Crippen LogP) is 0.202. The molecular weight excluding hydrogens is 308 g/mol. The Kier molecular flexibility index (Phi) is 4.73. The summed E-state index contributed by atoms with van der Waals surface area (Å²) in [6.07, 6.45) is 1.77. The van der Waals surface area contributed by atoms with Crippen LogP contribution < -0.4 is 15.8 Å². The maximum atomic E-state index is 11.2. The number of hydrogen-bond donors (Lipinski definition) is 3. The molecule has 24 heavy (non-hydrogen) atoms. The lowest BCUT2D eigenvalue weighted by atomic mass is 9.91. The highest BCUT2D eigenvalue weighted by Crippen LogP contribution is 2.23. The van der Waals surface area contributed by atoms with Gasteiger partial charge in [0.25, 0.3) is 5.91 Å². The first-order chi connectivity index (χ1) is 11.6. The van der Waals surface area contributed by atoms with Crippen molar-refractivity contribution in [1.29, 1.82) is 0 Å². The van der Waals surface area contributed by atoms with Crippen molar-refractivity contribution in [1.82, 2.24) is 15.3 Å². The van der Waals surface area contributed by atoms with Gasteiger partial charge in [-0.2, -0.15) is 0 Å². The van der Waals surface area contributed by atoms with Gasteiger partial charge in [-0.3, -0.25) is 4.79 Å². The lowest BCUT2D eigenvalue weighted by Gasteiger charge is -2.30. The molecule has 0 aliphatic carbocycles. The Labute approximate surface area is 139 Å². The van der Waals surface area contributed by atoms with Gasteiger partial charge < -0.3 is 20.9 Å². The number of primary amides is 1. The quantitative estimate of drug-likeness (QED) is 0.723. The lowest BCUT2D eigenvalue weighted by molar-refractivity contribution is 0.0993. The molecule has 7 heteroatoms. The number of aromatic nitrogens is 2. The molecule has 1 aliphatic rings. The second-order valence-electron chi connectivity index (χ2n) is 5.82. The molecule has 2 heterocycles. The zero-order valence-electron chi connectivity index (χ0n) is 13.4. The standard InChI is InChI=1S/C17H20N4O3/c1-24-12-3-2-10-7-14(20-9-11(10)6-12)15(22)8-16-19-5-4-13(21-16)17(18)23/h2-6,14-15,20,22H,7-9H2,1H3,(H2,18,23)/t14-,15+/m0/s1. The van der Waals surface area contributed by atoms with Crippen molar-refractivity contribution < 1.29 is 14.6 Å². The SMILES string of the molecule is COc1ccc2c(c1)CN[C@H]([C@H](O)Cc1nccc(C(N)=O)n1)C2. The molecule has 2 atom stereocenters. The van der Waals surface area contributed by atoms with E-state index in [1.807, 2.05) is 18.2 Å². The van der Waals surface area contributed by atoms with E-state index in [9.17, 15) is 9.90 Å². The Bertz CT molecular complexity index is 750. The summed E-state index contributed by atoms with van der Waals surface area (Å²) in [7, 11) is 1.64. The van der Waals surface area contributed by atoms with Crippen LogP contribution in [0, 0.1) is 0 Å². The number of nitrogens with two attached hydrogens (primary N) is 1. The minimum absolute atomic E-state index is 0.105. The Hall–Kier alpha value is -2.51. The van der Waals surface area contributed by atoms with Crippen LogP contribution in [0.3, 0.4) is 0 Å². The number of ether oxygens (including phenoxy) is 1. The van der Waals surface area contributed by atoms with E-state index >= 15 is 0 Å². The van der Waals surface area contributed by atoms with Crippen molar-refractivity contribution in [3.63, 3.8) is 0 Å². The zero-order chi connectivity index (χ0) is 17.1. The summed E-state index contributed by atoms with van der Waals surface area (Å²) in [5, 5.41) is 13.8. The highest BCUT2D eigenvalue weighted by Gasteiger charge is 2.25. The molecule has 0 saturated carbocycles. The predicted molar refractivity (Wildman–Crippen MR) is 87.6 cm³/mol. The number of nitrogens with zero attached hydrogens (tertiary/aromatic N) is 2. The smallest absolute Gasteiger partial charge is 0.267 e. The van der Waals surface area contributed by atoms with Gasteiger partial charge in [0.2, 0.25) is 0 Å². The highest BCUT2D eigenvalue weighted by molar-refractivity contribution is 5.90. The van der Waals surface area contributed by atoms with E-state index in [0.29, 0.717) is 18.8 Å². The number of benzene rings is 1. The van der Waals surface area contributed by atoms with Crippen molar-refractivity contribution >= 4 is 5.91 Å². The highest BCUT2D eigenvalue weighted by atomic mass is 16.5. The minimum Gasteiger partial charge on any atom is -0.497 e. The van der Waals surface area contributed by atoms with Crippen molar-refractivity contribution in [3.05, 3.63) is 53.1 Å². The van der Waals surface area contributed by atoms with Crippen LogP contribution in [0.15, 0.2) is 30.5 Å². The van der Waals surface area contributed by atoms with Crippen molar-refractivity contribution in [3.8, 4) is 5.75 Å². The van der Waals surface area contributed by atoms with Crippen LogP contribution in [0.4, 0.5) is 0 Å². The van der Waals surface area contributed by atoms with Gasteiger partial charge in [-0.15, -0.1) is 0 Å². The van der Waals surface area contributed by atoms with Crippen molar-refractivity contribution in [2.24, 2.45) is 5.73 Å². The fourth-order valence-corrected chi connectivity index (χ4v) is 2.88. The van der Waals surface area contributed by atoms with Gasteiger partial charge in [-0.1, -0.05) is 6.07 Å². The molecule has 4 N–H and O–H groups in total. The average molecular weight is 328 g/mol. The Morgan fingerprint density at radius 2 is 2.29 bits per heavy atom. The number of fused-ring (bicyclic) bond motifs is 1. The third-order valence-corrected chi connectivity index (χ3v) is 4.22. The summed E-state index contributed by atoms with van der Waals surface area (Å²) < 4.78 is 5.23.